The summed E-state index contributed by atoms with van der Waals surface area (Å²) in [6, 6.07) is 5.90. The van der Waals surface area contributed by atoms with Gasteiger partial charge in [-0.15, -0.1) is 0 Å². The molecule has 1 aromatic carbocycles. The minimum atomic E-state index is 0.107. The molecule has 2 heterocycles. The molecule has 0 bridgehead atoms. The summed E-state index contributed by atoms with van der Waals surface area (Å²) in [5.41, 5.74) is 1.88. The van der Waals surface area contributed by atoms with Crippen LogP contribution in [-0.4, -0.2) is 20.6 Å². The van der Waals surface area contributed by atoms with Gasteiger partial charge in [-0.05, 0) is 45.1 Å². The van der Waals surface area contributed by atoms with Gasteiger partial charge in [0.2, 0.25) is 5.89 Å². The van der Waals surface area contributed by atoms with E-state index in [0.717, 1.165) is 22.5 Å². The van der Waals surface area contributed by atoms with Gasteiger partial charge >= 0.3 is 0 Å². The Morgan fingerprint density at radius 2 is 2.24 bits per heavy atom. The highest BCUT2D eigenvalue weighted by Crippen LogP contribution is 2.26. The summed E-state index contributed by atoms with van der Waals surface area (Å²) in [4.78, 5) is 7.44. The Bertz CT molecular complexity index is 829. The van der Waals surface area contributed by atoms with Crippen LogP contribution in [0.3, 0.4) is 0 Å². The second kappa shape index (κ2) is 5.37. The molecule has 21 heavy (non-hydrogen) atoms. The van der Waals surface area contributed by atoms with Crippen molar-refractivity contribution in [2.24, 2.45) is 0 Å². The Morgan fingerprint density at radius 1 is 1.43 bits per heavy atom. The molecule has 0 atom stereocenters. The SMILES string of the molecule is Cc1cnc(Cn2c(=S)[nH]c3c(OC(C)C)cccc32)o1. The van der Waals surface area contributed by atoms with Gasteiger partial charge in [0, 0.05) is 0 Å². The largest absolute Gasteiger partial charge is 0.489 e. The van der Waals surface area contributed by atoms with E-state index in [-0.39, 0.29) is 6.10 Å². The summed E-state index contributed by atoms with van der Waals surface area (Å²) in [5, 5.41) is 0. The van der Waals surface area contributed by atoms with E-state index in [4.69, 9.17) is 21.4 Å². The van der Waals surface area contributed by atoms with E-state index in [1.807, 2.05) is 43.5 Å². The van der Waals surface area contributed by atoms with E-state index in [9.17, 15) is 0 Å². The highest BCUT2D eigenvalue weighted by Gasteiger charge is 2.12. The predicted molar refractivity (Wildman–Crippen MR) is 83.2 cm³/mol. The van der Waals surface area contributed by atoms with E-state index < -0.39 is 0 Å². The maximum absolute atomic E-state index is 5.82. The van der Waals surface area contributed by atoms with Crippen molar-refractivity contribution >= 4 is 23.3 Å². The molecule has 0 aliphatic heterocycles. The van der Waals surface area contributed by atoms with E-state index in [0.29, 0.717) is 17.2 Å². The normalized spacial score (nSPS) is 11.4. The lowest BCUT2D eigenvalue weighted by molar-refractivity contribution is 0.245. The number of aromatic amines is 1. The average molecular weight is 303 g/mol. The Hall–Kier alpha value is -2.08. The number of H-pyrrole nitrogens is 1. The highest BCUT2D eigenvalue weighted by molar-refractivity contribution is 7.71. The number of ether oxygens (including phenoxy) is 1. The number of oxazole rings is 1. The first-order valence-electron chi connectivity index (χ1n) is 6.84. The van der Waals surface area contributed by atoms with Crippen molar-refractivity contribution in [3.8, 4) is 5.75 Å². The lowest BCUT2D eigenvalue weighted by atomic mass is 10.3. The van der Waals surface area contributed by atoms with Crippen LogP contribution in [-0.2, 0) is 6.54 Å². The Kier molecular flexibility index (Phi) is 3.55. The van der Waals surface area contributed by atoms with Gasteiger partial charge < -0.3 is 18.7 Å². The average Bonchev–Trinajstić information content (AvgIpc) is 2.96. The molecular formula is C15H17N3O2S. The van der Waals surface area contributed by atoms with Crippen LogP contribution >= 0.6 is 12.2 Å². The Labute approximate surface area is 127 Å². The fraction of sp³-hybridized carbons (Fsp3) is 0.333. The van der Waals surface area contributed by atoms with Gasteiger partial charge in [-0.25, -0.2) is 4.98 Å². The molecular weight excluding hydrogens is 286 g/mol. The van der Waals surface area contributed by atoms with Crippen LogP contribution in [0.25, 0.3) is 11.0 Å². The Balaban J connectivity index is 2.07. The summed E-state index contributed by atoms with van der Waals surface area (Å²) in [6.07, 6.45) is 1.82. The molecule has 110 valence electrons. The zero-order valence-corrected chi connectivity index (χ0v) is 13.0. The quantitative estimate of drug-likeness (QED) is 0.744. The van der Waals surface area contributed by atoms with E-state index >= 15 is 0 Å². The van der Waals surface area contributed by atoms with Gasteiger partial charge in [-0.2, -0.15) is 0 Å². The number of hydrogen-bond donors (Lipinski definition) is 1. The van der Waals surface area contributed by atoms with E-state index in [1.165, 1.54) is 0 Å². The molecule has 0 aliphatic rings. The fourth-order valence-electron chi connectivity index (χ4n) is 2.27. The molecule has 0 radical (unpaired) electrons. The Morgan fingerprint density at radius 3 is 2.90 bits per heavy atom. The molecule has 6 heteroatoms. The second-order valence-corrected chi connectivity index (χ2v) is 5.58. The van der Waals surface area contributed by atoms with Gasteiger partial charge in [0.15, 0.2) is 4.77 Å². The summed E-state index contributed by atoms with van der Waals surface area (Å²) < 4.78 is 13.9. The van der Waals surface area contributed by atoms with Crippen LogP contribution in [0.2, 0.25) is 0 Å². The van der Waals surface area contributed by atoms with E-state index in [1.54, 1.807) is 6.20 Å². The molecule has 0 saturated carbocycles. The number of nitrogens with one attached hydrogen (secondary N) is 1. The number of aryl methyl sites for hydroxylation is 1. The van der Waals surface area contributed by atoms with Crippen LogP contribution in [0, 0.1) is 11.7 Å². The summed E-state index contributed by atoms with van der Waals surface area (Å²) >= 11 is 5.41. The number of para-hydroxylation sites is 1. The molecule has 0 saturated heterocycles. The number of benzene rings is 1. The molecule has 0 fully saturated rings. The zero-order valence-electron chi connectivity index (χ0n) is 12.2. The number of imidazole rings is 1. The van der Waals surface area contributed by atoms with Crippen molar-refractivity contribution in [3.05, 3.63) is 40.8 Å². The smallest absolute Gasteiger partial charge is 0.214 e. The van der Waals surface area contributed by atoms with Crippen molar-refractivity contribution < 1.29 is 9.15 Å². The first-order chi connectivity index (χ1) is 10.0. The third-order valence-electron chi connectivity index (χ3n) is 3.10. The van der Waals surface area contributed by atoms with Crippen LogP contribution < -0.4 is 4.74 Å². The van der Waals surface area contributed by atoms with Crippen LogP contribution in [0.15, 0.2) is 28.8 Å². The predicted octanol–water partition coefficient (Wildman–Crippen LogP) is 3.83. The van der Waals surface area contributed by atoms with E-state index in [2.05, 4.69) is 9.97 Å². The molecule has 1 N–H and O–H groups in total. The van der Waals surface area contributed by atoms with Gasteiger partial charge in [-0.1, -0.05) is 6.07 Å². The first kappa shape index (κ1) is 13.9. The third-order valence-corrected chi connectivity index (χ3v) is 3.42. The van der Waals surface area contributed by atoms with Gasteiger partial charge in [0.05, 0.1) is 17.8 Å². The maximum Gasteiger partial charge on any atom is 0.214 e. The van der Waals surface area contributed by atoms with Crippen molar-refractivity contribution in [1.29, 1.82) is 0 Å². The van der Waals surface area contributed by atoms with Crippen molar-refractivity contribution in [2.75, 3.05) is 0 Å². The highest BCUT2D eigenvalue weighted by atomic mass is 32.1. The minimum absolute atomic E-state index is 0.107. The van der Waals surface area contributed by atoms with Crippen LogP contribution in [0.1, 0.15) is 25.5 Å². The van der Waals surface area contributed by atoms with Crippen molar-refractivity contribution in [1.82, 2.24) is 14.5 Å². The lowest BCUT2D eigenvalue weighted by Gasteiger charge is -2.10. The fourth-order valence-corrected chi connectivity index (χ4v) is 2.54. The summed E-state index contributed by atoms with van der Waals surface area (Å²) in [6.45, 7) is 6.37. The van der Waals surface area contributed by atoms with Gasteiger partial charge in [0.25, 0.3) is 0 Å². The molecule has 0 aliphatic carbocycles. The number of rotatable bonds is 4. The molecule has 0 spiro atoms. The van der Waals surface area contributed by atoms with Crippen LogP contribution in [0.4, 0.5) is 0 Å². The number of aromatic nitrogens is 3. The van der Waals surface area contributed by atoms with Gasteiger partial charge in [-0.3, -0.25) is 0 Å². The van der Waals surface area contributed by atoms with Crippen molar-refractivity contribution in [3.63, 3.8) is 0 Å². The summed E-state index contributed by atoms with van der Waals surface area (Å²) in [7, 11) is 0. The number of hydrogen-bond acceptors (Lipinski definition) is 4. The standard InChI is InChI=1S/C15H17N3O2S/c1-9(2)19-12-6-4-5-11-14(12)17-15(21)18(11)8-13-16-7-10(3)20-13/h4-7,9H,8H2,1-3H3,(H,17,21). The topological polar surface area (TPSA) is 56.0 Å². The molecule has 0 amide bonds. The van der Waals surface area contributed by atoms with Gasteiger partial charge in [0.1, 0.15) is 23.6 Å². The first-order valence-corrected chi connectivity index (χ1v) is 7.25. The summed E-state index contributed by atoms with van der Waals surface area (Å²) in [5.74, 6) is 2.23. The zero-order chi connectivity index (χ0) is 15.0. The monoisotopic (exact) mass is 303 g/mol. The minimum Gasteiger partial charge on any atom is -0.489 e. The molecule has 3 rings (SSSR count). The molecule has 5 nitrogen and oxygen atoms in total. The third kappa shape index (κ3) is 2.71. The number of fused-ring (bicyclic) bond motifs is 1. The molecule has 2 aromatic heterocycles. The van der Waals surface area contributed by atoms with Crippen molar-refractivity contribution in [2.45, 2.75) is 33.4 Å². The number of nitrogens with zero attached hydrogens (tertiary/aromatic N) is 2. The molecule has 0 unspecified atom stereocenters. The second-order valence-electron chi connectivity index (χ2n) is 5.20. The maximum atomic E-state index is 5.82. The molecule has 3 aromatic rings. The lowest BCUT2D eigenvalue weighted by Crippen LogP contribution is -2.06. The van der Waals surface area contributed by atoms with Crippen LogP contribution in [0.5, 0.6) is 5.75 Å².